The Morgan fingerprint density at radius 3 is 1.04 bits per heavy atom. The van der Waals surface area contributed by atoms with Gasteiger partial charge in [-0.05, 0) is 125 Å². The van der Waals surface area contributed by atoms with E-state index >= 15 is 0 Å². The van der Waals surface area contributed by atoms with Gasteiger partial charge >= 0.3 is 34.6 Å². The number of halogens is 1. The fourth-order valence-electron chi connectivity index (χ4n) is 7.68. The molecule has 3 aromatic heterocycles. The van der Waals surface area contributed by atoms with Gasteiger partial charge in [0.2, 0.25) is 0 Å². The highest BCUT2D eigenvalue weighted by atomic mass is 35.5. The highest BCUT2D eigenvalue weighted by molar-refractivity contribution is 6.30. The van der Waals surface area contributed by atoms with E-state index in [2.05, 4.69) is 189 Å². The molecule has 0 aliphatic rings. The Morgan fingerprint density at radius 1 is 0.338 bits per heavy atom. The van der Waals surface area contributed by atoms with E-state index in [1.54, 1.807) is 0 Å². The fraction of sp³-hybridized carbons (Fsp3) is 0.203. The second-order valence-corrected chi connectivity index (χ2v) is 19.6. The van der Waals surface area contributed by atoms with E-state index < -0.39 is 0 Å². The maximum atomic E-state index is 6.21. The zero-order valence-corrected chi connectivity index (χ0v) is 42.1. The second kappa shape index (κ2) is 23.7. The molecule has 9 aromatic rings. The van der Waals surface area contributed by atoms with E-state index in [4.69, 9.17) is 24.9 Å². The van der Waals surface area contributed by atoms with Crippen molar-refractivity contribution in [3.05, 3.63) is 268 Å². The first-order valence-corrected chi connectivity index (χ1v) is 23.7. The first-order chi connectivity index (χ1) is 32.5. The van der Waals surface area contributed by atoms with Gasteiger partial charge in [0.1, 0.15) is 0 Å². The summed E-state index contributed by atoms with van der Waals surface area (Å²) >= 11 is 6.01. The molecule has 0 atom stereocenters. The summed E-state index contributed by atoms with van der Waals surface area (Å²) in [6.45, 7) is 21.2. The van der Waals surface area contributed by atoms with Crippen LogP contribution in [0.3, 0.4) is 0 Å². The van der Waals surface area contributed by atoms with Gasteiger partial charge in [-0.1, -0.05) is 151 Å². The Bertz CT molecular complexity index is 2660. The van der Waals surface area contributed by atoms with Crippen molar-refractivity contribution < 1.29 is 13.3 Å². The van der Waals surface area contributed by atoms with E-state index in [-0.39, 0.29) is 16.7 Å². The normalized spacial score (nSPS) is 11.0. The van der Waals surface area contributed by atoms with Crippen molar-refractivity contribution in [1.82, 2.24) is 0 Å². The van der Waals surface area contributed by atoms with Crippen LogP contribution in [0.4, 0.5) is 0 Å². The minimum absolute atomic E-state index is 0.0754. The van der Waals surface area contributed by atoms with Gasteiger partial charge in [-0.2, -0.15) is 0 Å². The predicted octanol–water partition coefficient (Wildman–Crippen LogP) is 19.0. The summed E-state index contributed by atoms with van der Waals surface area (Å²) in [6, 6.07) is 72.6. The van der Waals surface area contributed by atoms with Gasteiger partial charge in [0.25, 0.3) is 0 Å². The van der Waals surface area contributed by atoms with Crippen LogP contribution in [0.1, 0.15) is 98.3 Å². The van der Waals surface area contributed by atoms with Crippen molar-refractivity contribution in [2.24, 2.45) is 0 Å². The zero-order valence-electron chi connectivity index (χ0n) is 41.4. The van der Waals surface area contributed by atoms with Crippen LogP contribution in [0.25, 0.3) is 33.8 Å². The molecule has 0 radical (unpaired) electrons. The summed E-state index contributed by atoms with van der Waals surface area (Å²) in [6.07, 6.45) is 0. The van der Waals surface area contributed by atoms with E-state index in [9.17, 15) is 0 Å². The van der Waals surface area contributed by atoms with Crippen LogP contribution in [0.2, 0.25) is 5.02 Å². The highest BCUT2D eigenvalue weighted by Gasteiger charge is 2.33. The summed E-state index contributed by atoms with van der Waals surface area (Å²) in [5.74, 6) is 6.07. The Kier molecular flexibility index (Phi) is 17.6. The van der Waals surface area contributed by atoms with Crippen molar-refractivity contribution in [2.75, 3.05) is 0 Å². The number of hydrogen-bond donors (Lipinski definition) is 0. The van der Waals surface area contributed by atoms with Gasteiger partial charge in [-0.25, -0.2) is 13.3 Å². The van der Waals surface area contributed by atoms with Gasteiger partial charge in [0, 0.05) is 40.8 Å². The number of rotatable bonds is 6. The van der Waals surface area contributed by atoms with Gasteiger partial charge in [0.15, 0.2) is 0 Å². The highest BCUT2D eigenvalue weighted by Crippen LogP contribution is 2.34. The number of hydrogen-bond acceptors (Lipinski definition) is 0. The summed E-state index contributed by atoms with van der Waals surface area (Å²) in [5.41, 5.74) is 11.0. The summed E-state index contributed by atoms with van der Waals surface area (Å²) in [5, 5.41) is 0.772. The predicted molar refractivity (Wildman–Crippen MR) is 287 cm³/mol. The molecule has 0 saturated carbocycles. The Hall–Kier alpha value is -6.94. The van der Waals surface area contributed by atoms with Gasteiger partial charge in [0.05, 0.1) is 47.9 Å². The summed E-state index contributed by atoms with van der Waals surface area (Å²) in [7, 11) is 0. The van der Waals surface area contributed by atoms with Crippen LogP contribution in [-0.4, -0.2) is 0 Å². The van der Waals surface area contributed by atoms with Crippen LogP contribution < -0.4 is 0 Å². The molecule has 0 N–H and O–H groups in total. The quantitative estimate of drug-likeness (QED) is 0.123. The van der Waals surface area contributed by atoms with E-state index in [1.807, 2.05) is 92.7 Å². The zero-order chi connectivity index (χ0) is 48.7. The summed E-state index contributed by atoms with van der Waals surface area (Å²) < 4.78 is 17.5. The van der Waals surface area contributed by atoms with Crippen LogP contribution >= 0.6 is 11.6 Å². The largest absolute Gasteiger partial charge is 0.361 e. The molecule has 4 heteroatoms. The van der Waals surface area contributed by atoms with E-state index in [1.165, 1.54) is 33.4 Å². The van der Waals surface area contributed by atoms with Crippen molar-refractivity contribution >= 4 is 11.6 Å². The van der Waals surface area contributed by atoms with Crippen LogP contribution in [0.15, 0.2) is 226 Å². The monoisotopic (exact) mass is 917 g/mol. The molecular formula is C64H66ClO3+3. The Morgan fingerprint density at radius 2 is 0.676 bits per heavy atom. The maximum Gasteiger partial charge on any atom is 0.361 e. The fourth-order valence-corrected chi connectivity index (χ4v) is 7.81. The van der Waals surface area contributed by atoms with Crippen molar-refractivity contribution in [3.63, 3.8) is 0 Å². The van der Waals surface area contributed by atoms with E-state index in [0.717, 1.165) is 56.3 Å². The molecule has 0 fully saturated rings. The smallest absolute Gasteiger partial charge is 0.218 e. The SMILES string of the molecule is Cc1cc(C(C)(C)C)[o+]c(C(C)(C)C)c1.Cc1cc(C)[o+]c(C)c1.Clc1ccc(C(c2ccccc2)c2ccccc2)cc1.c1ccc(-c2cc(-c3ccccc3)[o+]c(-c3ccccc3)c2)cc1. The van der Waals surface area contributed by atoms with E-state index in [0.29, 0.717) is 0 Å². The molecule has 0 unspecified atom stereocenters. The van der Waals surface area contributed by atoms with Crippen LogP contribution in [0, 0.1) is 27.7 Å². The molecule has 3 nitrogen and oxygen atoms in total. The number of aryl methyl sites for hydroxylation is 4. The van der Waals surface area contributed by atoms with Crippen molar-refractivity contribution in [1.29, 1.82) is 0 Å². The molecule has 9 rings (SSSR count). The summed E-state index contributed by atoms with van der Waals surface area (Å²) in [4.78, 5) is 0. The first kappa shape index (κ1) is 50.5. The second-order valence-electron chi connectivity index (χ2n) is 19.2. The molecule has 0 amide bonds. The lowest BCUT2D eigenvalue weighted by molar-refractivity contribution is 0.328. The molecule has 68 heavy (non-hydrogen) atoms. The van der Waals surface area contributed by atoms with Gasteiger partial charge < -0.3 is 0 Å². The average molecular weight is 919 g/mol. The lowest BCUT2D eigenvalue weighted by Gasteiger charge is -2.18. The minimum Gasteiger partial charge on any atom is -0.218 e. The molecule has 344 valence electrons. The van der Waals surface area contributed by atoms with Gasteiger partial charge in [-0.3, -0.25) is 0 Å². The third-order valence-corrected chi connectivity index (χ3v) is 11.3. The number of benzene rings is 6. The third kappa shape index (κ3) is 15.0. The average Bonchev–Trinajstić information content (AvgIpc) is 3.33. The molecule has 0 spiro atoms. The molecule has 6 aromatic carbocycles. The third-order valence-electron chi connectivity index (χ3n) is 11.1. The molecule has 0 aliphatic heterocycles. The first-order valence-electron chi connectivity index (χ1n) is 23.4. The Labute approximate surface area is 410 Å². The molecule has 0 bridgehead atoms. The van der Waals surface area contributed by atoms with Crippen LogP contribution in [0.5, 0.6) is 0 Å². The molecule has 0 saturated heterocycles. The van der Waals surface area contributed by atoms with Crippen LogP contribution in [-0.2, 0) is 10.8 Å². The lowest BCUT2D eigenvalue weighted by atomic mass is 9.85. The minimum atomic E-state index is 0.0754. The Balaban J connectivity index is 0.000000157. The van der Waals surface area contributed by atoms with Gasteiger partial charge in [-0.15, -0.1) is 0 Å². The molecule has 0 aliphatic carbocycles. The van der Waals surface area contributed by atoms with Crippen molar-refractivity contribution in [2.45, 2.75) is 86.0 Å². The van der Waals surface area contributed by atoms with Crippen molar-refractivity contribution in [3.8, 4) is 33.8 Å². The maximum absolute atomic E-state index is 6.21. The molecular weight excluding hydrogens is 852 g/mol. The topological polar surface area (TPSA) is 33.9 Å². The standard InChI is InChI=1S/C23H17O.C19H15Cl.C14H23O.C8H11O/c1-4-10-18(11-5-1)21-16-22(19-12-6-2-7-13-19)24-23(17-21)20-14-8-3-9-15-20;20-18-13-11-17(12-14-18)19(15-7-3-1-4-8-15)16-9-5-2-6-10-16;1-10-8-11(13(2,3)4)15-12(9-10)14(5,6)7;1-6-4-7(2)9-8(3)5-6/h1-17H;1-14,19H;8-9H,1-7H3;4-5H,1-3H3/q+1;;2*+1. The lowest BCUT2D eigenvalue weighted by Crippen LogP contribution is -2.16. The molecule has 3 heterocycles.